The highest BCUT2D eigenvalue weighted by Crippen LogP contribution is 2.23. The van der Waals surface area contributed by atoms with E-state index in [-0.39, 0.29) is 11.7 Å². The number of hydrogen-bond acceptors (Lipinski definition) is 5. The van der Waals surface area contributed by atoms with Crippen molar-refractivity contribution in [3.63, 3.8) is 0 Å². The third kappa shape index (κ3) is 3.22. The lowest BCUT2D eigenvalue weighted by molar-refractivity contribution is 0.101. The molecule has 4 rings (SSSR count). The van der Waals surface area contributed by atoms with Crippen LogP contribution in [0.2, 0.25) is 0 Å². The molecule has 0 aliphatic rings. The maximum absolute atomic E-state index is 13.1. The molecule has 4 aromatic rings. The molecule has 0 aliphatic heterocycles. The van der Waals surface area contributed by atoms with E-state index in [1.807, 2.05) is 23.6 Å². The fourth-order valence-corrected chi connectivity index (χ4v) is 3.09. The first-order chi connectivity index (χ1) is 12.7. The zero-order chi connectivity index (χ0) is 17.9. The lowest BCUT2D eigenvalue weighted by atomic mass is 10.3. The van der Waals surface area contributed by atoms with Crippen LogP contribution in [0.4, 0.5) is 9.52 Å². The number of aromatic nitrogens is 4. The van der Waals surface area contributed by atoms with E-state index in [1.165, 1.54) is 34.3 Å². The number of carbonyl (C=O) groups is 1. The molecule has 26 heavy (non-hydrogen) atoms. The van der Waals surface area contributed by atoms with Crippen molar-refractivity contribution in [3.05, 3.63) is 77.8 Å². The zero-order valence-electron chi connectivity index (χ0n) is 13.3. The van der Waals surface area contributed by atoms with Gasteiger partial charge >= 0.3 is 0 Å². The number of carbonyl (C=O) groups excluding carboxylic acids is 1. The monoisotopic (exact) mass is 365 g/mol. The van der Waals surface area contributed by atoms with Gasteiger partial charge in [0.2, 0.25) is 0 Å². The van der Waals surface area contributed by atoms with E-state index in [4.69, 9.17) is 0 Å². The van der Waals surface area contributed by atoms with Crippen LogP contribution in [0.3, 0.4) is 0 Å². The molecule has 0 radical (unpaired) electrons. The topological polar surface area (TPSA) is 72.7 Å². The molecule has 0 saturated heterocycles. The summed E-state index contributed by atoms with van der Waals surface area (Å²) in [5, 5.41) is 9.19. The van der Waals surface area contributed by atoms with Gasteiger partial charge in [-0.25, -0.2) is 14.1 Å². The summed E-state index contributed by atoms with van der Waals surface area (Å²) in [5.41, 5.74) is 2.35. The molecule has 1 aromatic carbocycles. The summed E-state index contributed by atoms with van der Waals surface area (Å²) in [6.45, 7) is 0. The van der Waals surface area contributed by atoms with Gasteiger partial charge in [0.25, 0.3) is 5.91 Å². The van der Waals surface area contributed by atoms with E-state index in [1.54, 1.807) is 24.4 Å². The molecule has 8 heteroatoms. The maximum atomic E-state index is 13.1. The minimum Gasteiger partial charge on any atom is -0.296 e. The summed E-state index contributed by atoms with van der Waals surface area (Å²) in [6, 6.07) is 12.9. The zero-order valence-corrected chi connectivity index (χ0v) is 14.2. The summed E-state index contributed by atoms with van der Waals surface area (Å²) in [4.78, 5) is 21.2. The number of thiazole rings is 1. The summed E-state index contributed by atoms with van der Waals surface area (Å²) in [5.74, 6) is -0.703. The van der Waals surface area contributed by atoms with Crippen molar-refractivity contribution < 1.29 is 9.18 Å². The second-order valence-electron chi connectivity index (χ2n) is 5.31. The first-order valence-electron chi connectivity index (χ1n) is 7.69. The molecule has 1 N–H and O–H groups in total. The molecule has 0 fully saturated rings. The molecular formula is C18H12FN5OS. The molecule has 128 valence electrons. The Morgan fingerprint density at radius 1 is 1.04 bits per heavy atom. The molecule has 0 unspecified atom stereocenters. The summed E-state index contributed by atoms with van der Waals surface area (Å²) < 4.78 is 14.5. The molecule has 1 amide bonds. The molecule has 0 spiro atoms. The number of nitrogens with zero attached hydrogens (tertiary/aromatic N) is 4. The third-order valence-electron chi connectivity index (χ3n) is 3.60. The van der Waals surface area contributed by atoms with Gasteiger partial charge in [0.05, 0.1) is 17.6 Å². The highest BCUT2D eigenvalue weighted by Gasteiger charge is 2.15. The number of amides is 1. The number of rotatable bonds is 4. The summed E-state index contributed by atoms with van der Waals surface area (Å²) >= 11 is 1.31. The van der Waals surface area contributed by atoms with Gasteiger partial charge in [0, 0.05) is 11.6 Å². The van der Waals surface area contributed by atoms with Crippen LogP contribution in [-0.2, 0) is 0 Å². The normalized spacial score (nSPS) is 10.7. The van der Waals surface area contributed by atoms with Crippen molar-refractivity contribution in [2.75, 3.05) is 5.32 Å². The molecule has 0 bridgehead atoms. The summed E-state index contributed by atoms with van der Waals surface area (Å²) in [6.07, 6.45) is 3.20. The first kappa shape index (κ1) is 16.1. The van der Waals surface area contributed by atoms with Gasteiger partial charge in [-0.2, -0.15) is 5.10 Å². The predicted molar refractivity (Wildman–Crippen MR) is 96.8 cm³/mol. The molecule has 3 aromatic heterocycles. The van der Waals surface area contributed by atoms with Gasteiger partial charge in [0.15, 0.2) is 5.13 Å². The summed E-state index contributed by atoms with van der Waals surface area (Å²) in [7, 11) is 0. The number of benzene rings is 1. The van der Waals surface area contributed by atoms with Crippen molar-refractivity contribution in [1.82, 2.24) is 19.7 Å². The Kier molecular flexibility index (Phi) is 4.24. The van der Waals surface area contributed by atoms with Crippen LogP contribution in [0.1, 0.15) is 10.5 Å². The number of pyridine rings is 1. The Bertz CT molecular complexity index is 1040. The Hall–Kier alpha value is -3.39. The highest BCUT2D eigenvalue weighted by molar-refractivity contribution is 7.14. The molecule has 0 saturated carbocycles. The van der Waals surface area contributed by atoms with E-state index in [0.717, 1.165) is 5.69 Å². The van der Waals surface area contributed by atoms with Gasteiger partial charge in [-0.15, -0.1) is 11.3 Å². The Morgan fingerprint density at radius 3 is 2.65 bits per heavy atom. The van der Waals surface area contributed by atoms with Gasteiger partial charge < -0.3 is 0 Å². The predicted octanol–water partition coefficient (Wildman–Crippen LogP) is 3.78. The van der Waals surface area contributed by atoms with Crippen molar-refractivity contribution in [2.24, 2.45) is 0 Å². The van der Waals surface area contributed by atoms with E-state index in [9.17, 15) is 9.18 Å². The smallest absolute Gasteiger partial charge is 0.276 e. The largest absolute Gasteiger partial charge is 0.296 e. The molecule has 0 atom stereocenters. The highest BCUT2D eigenvalue weighted by atomic mass is 32.1. The van der Waals surface area contributed by atoms with Crippen LogP contribution >= 0.6 is 11.3 Å². The maximum Gasteiger partial charge on any atom is 0.276 e. The lowest BCUT2D eigenvalue weighted by Crippen LogP contribution is -2.16. The van der Waals surface area contributed by atoms with Crippen LogP contribution in [0, 0.1) is 5.82 Å². The average molecular weight is 365 g/mol. The van der Waals surface area contributed by atoms with Gasteiger partial charge in [-0.1, -0.05) is 6.07 Å². The number of halogens is 1. The van der Waals surface area contributed by atoms with Crippen molar-refractivity contribution in [3.8, 4) is 17.1 Å². The molecule has 6 nitrogen and oxygen atoms in total. The lowest BCUT2D eigenvalue weighted by Gasteiger charge is -2.07. The first-order valence-corrected chi connectivity index (χ1v) is 8.57. The van der Waals surface area contributed by atoms with Crippen LogP contribution in [0.25, 0.3) is 17.1 Å². The van der Waals surface area contributed by atoms with Gasteiger partial charge in [-0.3, -0.25) is 15.1 Å². The van der Waals surface area contributed by atoms with Crippen molar-refractivity contribution in [1.29, 1.82) is 0 Å². The second kappa shape index (κ2) is 6.85. The third-order valence-corrected chi connectivity index (χ3v) is 4.36. The Balaban J connectivity index is 1.56. The Labute approximate surface area is 152 Å². The Morgan fingerprint density at radius 2 is 1.88 bits per heavy atom. The van der Waals surface area contributed by atoms with Crippen molar-refractivity contribution in [2.45, 2.75) is 0 Å². The van der Waals surface area contributed by atoms with Crippen LogP contribution in [0.15, 0.2) is 66.3 Å². The van der Waals surface area contributed by atoms with Crippen molar-refractivity contribution >= 4 is 22.4 Å². The van der Waals surface area contributed by atoms with Crippen LogP contribution in [0.5, 0.6) is 0 Å². The quantitative estimate of drug-likeness (QED) is 0.597. The standard InChI is InChI=1S/C18H12FN5OS/c19-12-4-6-13(7-5-12)24-16(8-10-21-24)17(25)23-18-22-15(11-26-18)14-3-1-2-9-20-14/h1-11H,(H,22,23,25). The minimum absolute atomic E-state index is 0.325. The molecular weight excluding hydrogens is 353 g/mol. The number of hydrogen-bond donors (Lipinski definition) is 1. The van der Waals surface area contributed by atoms with E-state index < -0.39 is 0 Å². The number of nitrogens with one attached hydrogen (secondary N) is 1. The SMILES string of the molecule is O=C(Nc1nc(-c2ccccn2)cs1)c1ccnn1-c1ccc(F)cc1. The minimum atomic E-state index is -0.353. The number of anilines is 1. The average Bonchev–Trinajstić information content (AvgIpc) is 3.33. The van der Waals surface area contributed by atoms with Gasteiger partial charge in [-0.05, 0) is 42.5 Å². The fourth-order valence-electron chi connectivity index (χ4n) is 2.39. The second-order valence-corrected chi connectivity index (χ2v) is 6.17. The van der Waals surface area contributed by atoms with Gasteiger partial charge in [0.1, 0.15) is 17.2 Å². The van der Waals surface area contributed by atoms with E-state index in [2.05, 4.69) is 20.4 Å². The van der Waals surface area contributed by atoms with Crippen LogP contribution in [-0.4, -0.2) is 25.7 Å². The van der Waals surface area contributed by atoms with E-state index >= 15 is 0 Å². The molecule has 3 heterocycles. The molecule has 0 aliphatic carbocycles. The van der Waals surface area contributed by atoms with Crippen LogP contribution < -0.4 is 5.32 Å². The van der Waals surface area contributed by atoms with E-state index in [0.29, 0.717) is 22.2 Å². The fraction of sp³-hybridized carbons (Fsp3) is 0.